The smallest absolute Gasteiger partial charge is 0.508 e. The van der Waals surface area contributed by atoms with Crippen LogP contribution in [-0.2, 0) is 13.3 Å². The van der Waals surface area contributed by atoms with Crippen LogP contribution in [0.4, 0.5) is 0 Å². The molecule has 0 aliphatic heterocycles. The SMILES string of the molecule is C=CO[Si](OC)(OC)C1CC1. The van der Waals surface area contributed by atoms with Crippen LogP contribution in [-0.4, -0.2) is 23.0 Å². The first kappa shape index (κ1) is 8.77. The van der Waals surface area contributed by atoms with Gasteiger partial charge in [0.15, 0.2) is 0 Å². The first-order chi connectivity index (χ1) is 5.29. The van der Waals surface area contributed by atoms with Crippen LogP contribution in [0.15, 0.2) is 12.8 Å². The van der Waals surface area contributed by atoms with Gasteiger partial charge >= 0.3 is 8.80 Å². The maximum absolute atomic E-state index is 5.31. The molecule has 0 radical (unpaired) electrons. The zero-order valence-corrected chi connectivity index (χ0v) is 8.00. The lowest BCUT2D eigenvalue weighted by Gasteiger charge is -2.24. The molecule has 0 amide bonds. The molecule has 0 aromatic rings. The van der Waals surface area contributed by atoms with Crippen LogP contribution in [0.3, 0.4) is 0 Å². The molecule has 1 fully saturated rings. The van der Waals surface area contributed by atoms with Gasteiger partial charge in [0, 0.05) is 19.8 Å². The van der Waals surface area contributed by atoms with Gasteiger partial charge in [-0.25, -0.2) is 0 Å². The summed E-state index contributed by atoms with van der Waals surface area (Å²) in [6, 6.07) is 0. The van der Waals surface area contributed by atoms with Crippen molar-refractivity contribution in [1.29, 1.82) is 0 Å². The maximum Gasteiger partial charge on any atom is 0.568 e. The van der Waals surface area contributed by atoms with Gasteiger partial charge in [0.05, 0.1) is 6.26 Å². The summed E-state index contributed by atoms with van der Waals surface area (Å²) in [5, 5.41) is 0. The van der Waals surface area contributed by atoms with Crippen molar-refractivity contribution in [3.8, 4) is 0 Å². The Morgan fingerprint density at radius 3 is 2.18 bits per heavy atom. The van der Waals surface area contributed by atoms with E-state index in [0.717, 1.165) is 12.8 Å². The molecule has 1 aliphatic rings. The van der Waals surface area contributed by atoms with E-state index in [1.807, 2.05) is 0 Å². The van der Waals surface area contributed by atoms with E-state index in [1.165, 1.54) is 6.26 Å². The molecule has 0 spiro atoms. The van der Waals surface area contributed by atoms with Gasteiger partial charge in [-0.3, -0.25) is 0 Å². The molecule has 0 unspecified atom stereocenters. The van der Waals surface area contributed by atoms with Crippen molar-refractivity contribution in [1.82, 2.24) is 0 Å². The summed E-state index contributed by atoms with van der Waals surface area (Å²) in [6.07, 6.45) is 3.72. The van der Waals surface area contributed by atoms with Crippen LogP contribution in [0.1, 0.15) is 12.8 Å². The summed E-state index contributed by atoms with van der Waals surface area (Å²) in [7, 11) is 0.945. The normalized spacial score (nSPS) is 18.0. The van der Waals surface area contributed by atoms with E-state index in [4.69, 9.17) is 13.3 Å². The Hall–Kier alpha value is -0.323. The Kier molecular flexibility index (Phi) is 2.70. The highest BCUT2D eigenvalue weighted by molar-refractivity contribution is 6.63. The minimum absolute atomic E-state index is 0.496. The summed E-state index contributed by atoms with van der Waals surface area (Å²) in [5.74, 6) is 0. The van der Waals surface area contributed by atoms with Crippen molar-refractivity contribution < 1.29 is 13.3 Å². The fraction of sp³-hybridized carbons (Fsp3) is 0.714. The molecule has 0 atom stereocenters. The Labute approximate surface area is 68.3 Å². The van der Waals surface area contributed by atoms with Crippen molar-refractivity contribution in [2.45, 2.75) is 18.4 Å². The molecular formula is C7H14O3Si. The Balaban J connectivity index is 2.57. The third-order valence-corrected chi connectivity index (χ3v) is 5.10. The average molecular weight is 174 g/mol. The van der Waals surface area contributed by atoms with Crippen molar-refractivity contribution in [2.24, 2.45) is 0 Å². The predicted octanol–water partition coefficient (Wildman–Crippen LogP) is 1.54. The first-order valence-electron chi connectivity index (χ1n) is 3.68. The van der Waals surface area contributed by atoms with Gasteiger partial charge < -0.3 is 13.3 Å². The molecule has 1 aliphatic carbocycles. The molecule has 11 heavy (non-hydrogen) atoms. The first-order valence-corrected chi connectivity index (χ1v) is 5.48. The van der Waals surface area contributed by atoms with Gasteiger partial charge in [0.25, 0.3) is 0 Å². The Morgan fingerprint density at radius 1 is 1.36 bits per heavy atom. The van der Waals surface area contributed by atoms with E-state index in [2.05, 4.69) is 6.58 Å². The zero-order chi connectivity index (χ0) is 8.32. The van der Waals surface area contributed by atoms with E-state index in [0.29, 0.717) is 5.54 Å². The highest BCUT2D eigenvalue weighted by Gasteiger charge is 2.55. The third kappa shape index (κ3) is 1.63. The lowest BCUT2D eigenvalue weighted by atomic mass is 11.0. The van der Waals surface area contributed by atoms with E-state index < -0.39 is 8.80 Å². The fourth-order valence-electron chi connectivity index (χ4n) is 1.16. The molecule has 64 valence electrons. The average Bonchev–Trinajstić information content (AvgIpc) is 2.83. The monoisotopic (exact) mass is 174 g/mol. The standard InChI is InChI=1S/C7H14O3Si/c1-4-10-11(8-2,9-3)7-5-6-7/h4,7H,1,5-6H2,2-3H3. The molecule has 1 saturated carbocycles. The largest absolute Gasteiger partial charge is 0.568 e. The number of rotatable bonds is 5. The maximum atomic E-state index is 5.31. The predicted molar refractivity (Wildman–Crippen MR) is 44.0 cm³/mol. The quantitative estimate of drug-likeness (QED) is 0.467. The van der Waals surface area contributed by atoms with Gasteiger partial charge in [0.2, 0.25) is 0 Å². The molecule has 0 N–H and O–H groups in total. The highest BCUT2D eigenvalue weighted by atomic mass is 28.4. The van der Waals surface area contributed by atoms with Crippen molar-refractivity contribution in [3.63, 3.8) is 0 Å². The van der Waals surface area contributed by atoms with Gasteiger partial charge in [-0.2, -0.15) is 0 Å². The third-order valence-electron chi connectivity index (χ3n) is 1.89. The molecule has 0 aromatic carbocycles. The molecule has 0 aromatic heterocycles. The van der Waals surface area contributed by atoms with Crippen LogP contribution in [0, 0.1) is 0 Å². The molecule has 0 saturated heterocycles. The molecule has 0 bridgehead atoms. The van der Waals surface area contributed by atoms with E-state index >= 15 is 0 Å². The summed E-state index contributed by atoms with van der Waals surface area (Å²) >= 11 is 0. The summed E-state index contributed by atoms with van der Waals surface area (Å²) in [4.78, 5) is 0. The van der Waals surface area contributed by atoms with Crippen LogP contribution in [0.5, 0.6) is 0 Å². The Bertz CT molecular complexity index is 141. The topological polar surface area (TPSA) is 27.7 Å². The van der Waals surface area contributed by atoms with Crippen LogP contribution in [0.25, 0.3) is 0 Å². The summed E-state index contributed by atoms with van der Waals surface area (Å²) < 4.78 is 15.9. The molecular weight excluding hydrogens is 160 g/mol. The second-order valence-corrected chi connectivity index (χ2v) is 5.65. The Morgan fingerprint density at radius 2 is 1.91 bits per heavy atom. The van der Waals surface area contributed by atoms with Crippen molar-refractivity contribution in [2.75, 3.05) is 14.2 Å². The lowest BCUT2D eigenvalue weighted by molar-refractivity contribution is 0.139. The van der Waals surface area contributed by atoms with E-state index in [9.17, 15) is 0 Å². The number of hydrogen-bond donors (Lipinski definition) is 0. The second kappa shape index (κ2) is 3.38. The van der Waals surface area contributed by atoms with Crippen LogP contribution < -0.4 is 0 Å². The molecule has 4 heteroatoms. The second-order valence-electron chi connectivity index (χ2n) is 2.57. The van der Waals surface area contributed by atoms with Crippen LogP contribution >= 0.6 is 0 Å². The van der Waals surface area contributed by atoms with E-state index in [1.54, 1.807) is 14.2 Å². The van der Waals surface area contributed by atoms with E-state index in [-0.39, 0.29) is 0 Å². The van der Waals surface area contributed by atoms with Gasteiger partial charge in [-0.15, -0.1) is 0 Å². The summed E-state index contributed by atoms with van der Waals surface area (Å²) in [6.45, 7) is 3.50. The lowest BCUT2D eigenvalue weighted by Crippen LogP contribution is -2.42. The zero-order valence-electron chi connectivity index (χ0n) is 7.00. The fourth-order valence-corrected chi connectivity index (χ4v) is 3.49. The minimum Gasteiger partial charge on any atom is -0.508 e. The molecule has 3 nitrogen and oxygen atoms in total. The highest BCUT2D eigenvalue weighted by Crippen LogP contribution is 2.46. The molecule has 1 rings (SSSR count). The van der Waals surface area contributed by atoms with Crippen LogP contribution in [0.2, 0.25) is 5.54 Å². The van der Waals surface area contributed by atoms with Crippen molar-refractivity contribution >= 4 is 8.80 Å². The molecule has 0 heterocycles. The van der Waals surface area contributed by atoms with Gasteiger partial charge in [-0.1, -0.05) is 6.58 Å². The minimum atomic E-state index is -2.33. The summed E-state index contributed by atoms with van der Waals surface area (Å²) in [5.41, 5.74) is 0.496. The van der Waals surface area contributed by atoms with Crippen molar-refractivity contribution in [3.05, 3.63) is 12.8 Å². The number of hydrogen-bond acceptors (Lipinski definition) is 3. The van der Waals surface area contributed by atoms with Gasteiger partial charge in [-0.05, 0) is 12.8 Å². The van der Waals surface area contributed by atoms with Gasteiger partial charge in [0.1, 0.15) is 0 Å².